The van der Waals surface area contributed by atoms with Crippen LogP contribution < -0.4 is 5.32 Å². The van der Waals surface area contributed by atoms with Crippen molar-refractivity contribution in [3.8, 4) is 0 Å². The lowest BCUT2D eigenvalue weighted by atomic mass is 10.3. The number of carbonyl (C=O) groups excluding carboxylic acids is 2. The monoisotopic (exact) mass is 260 g/mol. The van der Waals surface area contributed by atoms with Gasteiger partial charge in [0, 0.05) is 13.0 Å². The first kappa shape index (κ1) is 16.0. The zero-order chi connectivity index (χ0) is 14.1. The van der Waals surface area contributed by atoms with Gasteiger partial charge in [0.15, 0.2) is 0 Å². The van der Waals surface area contributed by atoms with E-state index in [2.05, 4.69) is 5.32 Å². The average Bonchev–Trinajstić information content (AvgIpc) is 2.13. The van der Waals surface area contributed by atoms with Crippen LogP contribution in [0.15, 0.2) is 0 Å². The lowest BCUT2D eigenvalue weighted by Crippen LogP contribution is -2.42. The molecule has 18 heavy (non-hydrogen) atoms. The summed E-state index contributed by atoms with van der Waals surface area (Å²) < 4.78 is 0. The summed E-state index contributed by atoms with van der Waals surface area (Å²) in [7, 11) is 0. The molecule has 0 atom stereocenters. The van der Waals surface area contributed by atoms with Crippen LogP contribution in [-0.4, -0.2) is 64.9 Å². The number of aliphatic carboxylic acids is 2. The Kier molecular flexibility index (Phi) is 7.29. The summed E-state index contributed by atoms with van der Waals surface area (Å²) in [6, 6.07) is 0. The van der Waals surface area contributed by atoms with Crippen LogP contribution in [0.1, 0.15) is 13.3 Å². The van der Waals surface area contributed by atoms with Crippen molar-refractivity contribution < 1.29 is 29.4 Å². The minimum Gasteiger partial charge on any atom is -0.480 e. The van der Waals surface area contributed by atoms with Gasteiger partial charge in [0.25, 0.3) is 0 Å². The minimum atomic E-state index is -1.22. The van der Waals surface area contributed by atoms with Crippen molar-refractivity contribution >= 4 is 23.6 Å². The number of Topliss-reactive ketones (excluding diaryl/α,β-unsaturated/α-hetero) is 1. The molecule has 0 aromatic carbocycles. The molecule has 0 aromatic heterocycles. The van der Waals surface area contributed by atoms with Gasteiger partial charge in [-0.1, -0.05) is 0 Å². The molecular weight excluding hydrogens is 244 g/mol. The molecule has 8 heteroatoms. The van der Waals surface area contributed by atoms with Crippen LogP contribution in [0.4, 0.5) is 0 Å². The van der Waals surface area contributed by atoms with Crippen LogP contribution in [0.5, 0.6) is 0 Å². The Morgan fingerprint density at radius 2 is 1.50 bits per heavy atom. The highest BCUT2D eigenvalue weighted by Crippen LogP contribution is 1.89. The summed E-state index contributed by atoms with van der Waals surface area (Å²) >= 11 is 0. The Bertz CT molecular complexity index is 325. The molecule has 0 spiro atoms. The second-order valence-electron chi connectivity index (χ2n) is 3.73. The van der Waals surface area contributed by atoms with Crippen molar-refractivity contribution in [1.82, 2.24) is 10.2 Å². The molecule has 0 rings (SSSR count). The minimum absolute atomic E-state index is 0.0803. The summed E-state index contributed by atoms with van der Waals surface area (Å²) in [4.78, 5) is 43.9. The highest BCUT2D eigenvalue weighted by molar-refractivity contribution is 5.81. The summed E-state index contributed by atoms with van der Waals surface area (Å²) in [5.74, 6) is -3.03. The van der Waals surface area contributed by atoms with Gasteiger partial charge in [-0.25, -0.2) is 0 Å². The molecule has 0 aliphatic rings. The summed E-state index contributed by atoms with van der Waals surface area (Å²) in [6.07, 6.45) is 0.184. The zero-order valence-electron chi connectivity index (χ0n) is 10.0. The third-order valence-corrected chi connectivity index (χ3v) is 1.88. The van der Waals surface area contributed by atoms with Crippen LogP contribution in [0.25, 0.3) is 0 Å². The zero-order valence-corrected chi connectivity index (χ0v) is 10.0. The fraction of sp³-hybridized carbons (Fsp3) is 0.600. The fourth-order valence-electron chi connectivity index (χ4n) is 1.19. The molecule has 0 saturated heterocycles. The van der Waals surface area contributed by atoms with E-state index in [1.54, 1.807) is 0 Å². The van der Waals surface area contributed by atoms with Gasteiger partial charge in [-0.3, -0.25) is 24.1 Å². The van der Waals surface area contributed by atoms with Crippen molar-refractivity contribution in [2.45, 2.75) is 13.3 Å². The van der Waals surface area contributed by atoms with Crippen molar-refractivity contribution in [1.29, 1.82) is 0 Å². The molecule has 0 saturated carbocycles. The number of hydrogen-bond donors (Lipinski definition) is 3. The van der Waals surface area contributed by atoms with Crippen LogP contribution in [0.2, 0.25) is 0 Å². The summed E-state index contributed by atoms with van der Waals surface area (Å²) in [6.45, 7) is 0.130. The van der Waals surface area contributed by atoms with E-state index in [4.69, 9.17) is 10.2 Å². The SMILES string of the molecule is CC(=O)CCNC(=O)CN(CC(=O)O)CC(=O)O. The number of nitrogens with one attached hydrogen (secondary N) is 1. The molecular formula is C10H16N2O6. The molecule has 102 valence electrons. The Hall–Kier alpha value is -1.96. The molecule has 0 aliphatic carbocycles. The van der Waals surface area contributed by atoms with Crippen molar-refractivity contribution in [2.75, 3.05) is 26.2 Å². The van der Waals surface area contributed by atoms with Crippen molar-refractivity contribution in [3.05, 3.63) is 0 Å². The maximum atomic E-state index is 11.3. The fourth-order valence-corrected chi connectivity index (χ4v) is 1.19. The molecule has 0 bridgehead atoms. The second-order valence-corrected chi connectivity index (χ2v) is 3.73. The number of ketones is 1. The quantitative estimate of drug-likeness (QED) is 0.463. The maximum absolute atomic E-state index is 11.3. The molecule has 8 nitrogen and oxygen atoms in total. The Balaban J connectivity index is 4.13. The predicted octanol–water partition coefficient (Wildman–Crippen LogP) is -1.45. The van der Waals surface area contributed by atoms with E-state index in [1.165, 1.54) is 6.92 Å². The molecule has 1 amide bonds. The maximum Gasteiger partial charge on any atom is 0.317 e. The molecule has 0 heterocycles. The second kappa shape index (κ2) is 8.18. The molecule has 3 N–H and O–H groups in total. The van der Waals surface area contributed by atoms with Crippen LogP contribution >= 0.6 is 0 Å². The van der Waals surface area contributed by atoms with E-state index in [9.17, 15) is 19.2 Å². The number of carboxylic acids is 2. The lowest BCUT2D eigenvalue weighted by molar-refractivity contribution is -0.142. The summed E-state index contributed by atoms with van der Waals surface area (Å²) in [5, 5.41) is 19.5. The third-order valence-electron chi connectivity index (χ3n) is 1.88. The van der Waals surface area contributed by atoms with E-state index < -0.39 is 30.9 Å². The van der Waals surface area contributed by atoms with Gasteiger partial charge < -0.3 is 15.5 Å². The molecule has 0 aromatic rings. The number of carboxylic acid groups (broad SMARTS) is 2. The number of rotatable bonds is 9. The molecule has 0 fully saturated rings. The van der Waals surface area contributed by atoms with Gasteiger partial charge in [-0.2, -0.15) is 0 Å². The van der Waals surface area contributed by atoms with E-state index in [0.29, 0.717) is 0 Å². The lowest BCUT2D eigenvalue weighted by Gasteiger charge is -2.17. The van der Waals surface area contributed by atoms with E-state index in [0.717, 1.165) is 4.90 Å². The van der Waals surface area contributed by atoms with Crippen LogP contribution in [0.3, 0.4) is 0 Å². The van der Waals surface area contributed by atoms with E-state index in [-0.39, 0.29) is 25.3 Å². The Labute approximate surface area is 104 Å². The van der Waals surface area contributed by atoms with Crippen LogP contribution in [0, 0.1) is 0 Å². The third kappa shape index (κ3) is 9.28. The standard InChI is InChI=1S/C10H16N2O6/c1-7(13)2-3-11-8(14)4-12(5-9(15)16)6-10(17)18/h2-6H2,1H3,(H,11,14)(H,15,16)(H,17,18). The first-order chi connectivity index (χ1) is 8.31. The number of hydrogen-bond acceptors (Lipinski definition) is 5. The Morgan fingerprint density at radius 1 is 1.00 bits per heavy atom. The average molecular weight is 260 g/mol. The number of nitrogens with zero attached hydrogens (tertiary/aromatic N) is 1. The van der Waals surface area contributed by atoms with Gasteiger partial charge in [0.1, 0.15) is 5.78 Å². The van der Waals surface area contributed by atoms with Gasteiger partial charge >= 0.3 is 11.9 Å². The largest absolute Gasteiger partial charge is 0.480 e. The molecule has 0 radical (unpaired) electrons. The number of carbonyl (C=O) groups is 4. The molecule has 0 unspecified atom stereocenters. The van der Waals surface area contributed by atoms with Crippen molar-refractivity contribution in [2.24, 2.45) is 0 Å². The normalized spacial score (nSPS) is 10.1. The van der Waals surface area contributed by atoms with Gasteiger partial charge in [-0.05, 0) is 6.92 Å². The highest BCUT2D eigenvalue weighted by atomic mass is 16.4. The summed E-state index contributed by atoms with van der Waals surface area (Å²) in [5.41, 5.74) is 0. The predicted molar refractivity (Wildman–Crippen MR) is 60.0 cm³/mol. The van der Waals surface area contributed by atoms with Gasteiger partial charge in [0.05, 0.1) is 19.6 Å². The Morgan fingerprint density at radius 3 is 1.89 bits per heavy atom. The highest BCUT2D eigenvalue weighted by Gasteiger charge is 2.16. The topological polar surface area (TPSA) is 124 Å². The first-order valence-electron chi connectivity index (χ1n) is 5.23. The van der Waals surface area contributed by atoms with E-state index >= 15 is 0 Å². The van der Waals surface area contributed by atoms with Gasteiger partial charge in [-0.15, -0.1) is 0 Å². The van der Waals surface area contributed by atoms with Gasteiger partial charge in [0.2, 0.25) is 5.91 Å². The van der Waals surface area contributed by atoms with Crippen molar-refractivity contribution in [3.63, 3.8) is 0 Å². The smallest absolute Gasteiger partial charge is 0.317 e. The van der Waals surface area contributed by atoms with E-state index in [1.807, 2.05) is 0 Å². The van der Waals surface area contributed by atoms with Crippen LogP contribution in [-0.2, 0) is 19.2 Å². The molecule has 0 aliphatic heterocycles. The first-order valence-corrected chi connectivity index (χ1v) is 5.23. The number of amides is 1.